The Kier molecular flexibility index (Phi) is 4.45. The van der Waals surface area contributed by atoms with Gasteiger partial charge in [-0.25, -0.2) is 14.4 Å². The highest BCUT2D eigenvalue weighted by atomic mass is 16.6. The molecule has 2 N–H and O–H groups in total. The molecule has 1 atom stereocenters. The van der Waals surface area contributed by atoms with Crippen molar-refractivity contribution in [3.63, 3.8) is 0 Å². The van der Waals surface area contributed by atoms with E-state index in [1.54, 1.807) is 25.7 Å². The molecule has 23 heavy (non-hydrogen) atoms. The second kappa shape index (κ2) is 5.90. The fraction of sp³-hybridized carbons (Fsp3) is 0.800. The minimum atomic E-state index is -1.20. The number of hydrogen-bond acceptors (Lipinski definition) is 4. The van der Waals surface area contributed by atoms with Crippen LogP contribution >= 0.6 is 0 Å². The smallest absolute Gasteiger partial charge is 0.410 e. The average Bonchev–Trinajstić information content (AvgIpc) is 2.77. The third kappa shape index (κ3) is 3.86. The van der Waals surface area contributed by atoms with Crippen LogP contribution in [-0.2, 0) is 9.53 Å². The zero-order valence-corrected chi connectivity index (χ0v) is 13.7. The molecule has 1 spiro atoms. The van der Waals surface area contributed by atoms with Crippen molar-refractivity contribution in [1.29, 1.82) is 0 Å². The van der Waals surface area contributed by atoms with Crippen LogP contribution in [0.3, 0.4) is 0 Å². The normalized spacial score (nSPS) is 23.9. The van der Waals surface area contributed by atoms with Crippen LogP contribution in [0, 0.1) is 5.41 Å². The maximum Gasteiger partial charge on any atom is 0.410 e. The van der Waals surface area contributed by atoms with Gasteiger partial charge in [-0.3, -0.25) is 4.90 Å². The van der Waals surface area contributed by atoms with E-state index in [-0.39, 0.29) is 18.1 Å². The number of likely N-dealkylation sites (tertiary alicyclic amines) is 2. The molecule has 2 fully saturated rings. The summed E-state index contributed by atoms with van der Waals surface area (Å²) in [4.78, 5) is 37.2. The molecule has 2 saturated heterocycles. The van der Waals surface area contributed by atoms with Gasteiger partial charge in [-0.2, -0.15) is 0 Å². The average molecular weight is 328 g/mol. The summed E-state index contributed by atoms with van der Waals surface area (Å²) in [7, 11) is 0. The van der Waals surface area contributed by atoms with Gasteiger partial charge in [0.05, 0.1) is 0 Å². The van der Waals surface area contributed by atoms with Gasteiger partial charge in [-0.05, 0) is 45.4 Å². The largest absolute Gasteiger partial charge is 0.480 e. The standard InChI is InChI=1S/C15H24N2O6/c1-14(2,3)23-13(22)16-6-4-15(5-7-16)8-10(11(18)19)17(9-15)12(20)21/h10H,4-9H2,1-3H3,(H,18,19)(H,20,21). The Balaban J connectivity index is 2.00. The van der Waals surface area contributed by atoms with E-state index in [9.17, 15) is 24.6 Å². The molecule has 8 heteroatoms. The van der Waals surface area contributed by atoms with Crippen molar-refractivity contribution in [1.82, 2.24) is 9.80 Å². The number of rotatable bonds is 1. The summed E-state index contributed by atoms with van der Waals surface area (Å²) >= 11 is 0. The molecule has 0 saturated carbocycles. The van der Waals surface area contributed by atoms with E-state index in [0.29, 0.717) is 32.4 Å². The van der Waals surface area contributed by atoms with E-state index >= 15 is 0 Å². The molecule has 0 aromatic rings. The summed E-state index contributed by atoms with van der Waals surface area (Å²) in [6.07, 6.45) is -0.116. The summed E-state index contributed by atoms with van der Waals surface area (Å²) in [5, 5.41) is 18.4. The first-order valence-corrected chi connectivity index (χ1v) is 7.73. The number of carboxylic acids is 1. The molecule has 0 radical (unpaired) electrons. The van der Waals surface area contributed by atoms with Gasteiger partial charge >= 0.3 is 18.2 Å². The summed E-state index contributed by atoms with van der Waals surface area (Å²) in [5.74, 6) is -1.11. The molecular weight excluding hydrogens is 304 g/mol. The molecule has 2 rings (SSSR count). The molecule has 2 aliphatic heterocycles. The van der Waals surface area contributed by atoms with Crippen molar-refractivity contribution in [2.75, 3.05) is 19.6 Å². The van der Waals surface area contributed by atoms with E-state index < -0.39 is 23.7 Å². The van der Waals surface area contributed by atoms with Crippen molar-refractivity contribution in [2.45, 2.75) is 51.7 Å². The molecule has 2 heterocycles. The molecule has 2 aliphatic rings. The number of carbonyl (C=O) groups excluding carboxylic acids is 1. The Morgan fingerprint density at radius 1 is 1.13 bits per heavy atom. The molecule has 1 unspecified atom stereocenters. The van der Waals surface area contributed by atoms with Crippen LogP contribution in [0.1, 0.15) is 40.0 Å². The van der Waals surface area contributed by atoms with Crippen LogP contribution in [0.15, 0.2) is 0 Å². The first-order chi connectivity index (χ1) is 10.5. The second-order valence-electron chi connectivity index (χ2n) is 7.44. The summed E-state index contributed by atoms with van der Waals surface area (Å²) in [6, 6.07) is -0.999. The highest BCUT2D eigenvalue weighted by Gasteiger charge is 2.50. The van der Waals surface area contributed by atoms with Gasteiger partial charge in [0.15, 0.2) is 0 Å². The van der Waals surface area contributed by atoms with Gasteiger partial charge in [-0.1, -0.05) is 0 Å². The minimum Gasteiger partial charge on any atom is -0.480 e. The monoisotopic (exact) mass is 328 g/mol. The predicted octanol–water partition coefficient (Wildman–Crippen LogP) is 1.84. The minimum absolute atomic E-state index is 0.210. The van der Waals surface area contributed by atoms with E-state index in [2.05, 4.69) is 0 Å². The third-order valence-electron chi connectivity index (χ3n) is 4.51. The Hall–Kier alpha value is -1.99. The number of carbonyl (C=O) groups is 3. The van der Waals surface area contributed by atoms with Crippen molar-refractivity contribution in [3.05, 3.63) is 0 Å². The lowest BCUT2D eigenvalue weighted by Gasteiger charge is -2.39. The second-order valence-corrected chi connectivity index (χ2v) is 7.44. The summed E-state index contributed by atoms with van der Waals surface area (Å²) in [5.41, 5.74) is -0.923. The third-order valence-corrected chi connectivity index (χ3v) is 4.51. The number of amides is 2. The topological polar surface area (TPSA) is 107 Å². The van der Waals surface area contributed by atoms with Crippen molar-refractivity contribution in [3.8, 4) is 0 Å². The molecule has 130 valence electrons. The van der Waals surface area contributed by atoms with Crippen molar-refractivity contribution in [2.24, 2.45) is 5.41 Å². The molecule has 0 aliphatic carbocycles. The Morgan fingerprint density at radius 3 is 2.09 bits per heavy atom. The molecule has 0 aromatic carbocycles. The van der Waals surface area contributed by atoms with Crippen LogP contribution in [0.25, 0.3) is 0 Å². The Labute approximate surface area is 135 Å². The highest BCUT2D eigenvalue weighted by Crippen LogP contribution is 2.43. The van der Waals surface area contributed by atoms with E-state index in [1.165, 1.54) is 0 Å². The van der Waals surface area contributed by atoms with Crippen LogP contribution in [0.4, 0.5) is 9.59 Å². The van der Waals surface area contributed by atoms with Gasteiger partial charge in [0, 0.05) is 19.6 Å². The number of aliphatic carboxylic acids is 1. The van der Waals surface area contributed by atoms with E-state index in [4.69, 9.17) is 4.74 Å². The number of piperidine rings is 1. The Bertz CT molecular complexity index is 481. The van der Waals surface area contributed by atoms with Gasteiger partial charge in [0.2, 0.25) is 0 Å². The zero-order valence-electron chi connectivity index (χ0n) is 13.7. The van der Waals surface area contributed by atoms with Crippen molar-refractivity contribution < 1.29 is 29.3 Å². The van der Waals surface area contributed by atoms with Gasteiger partial charge in [-0.15, -0.1) is 0 Å². The lowest BCUT2D eigenvalue weighted by molar-refractivity contribution is -0.141. The lowest BCUT2D eigenvalue weighted by Crippen LogP contribution is -2.46. The van der Waals surface area contributed by atoms with Crippen LogP contribution in [0.5, 0.6) is 0 Å². The molecule has 0 bridgehead atoms. The first-order valence-electron chi connectivity index (χ1n) is 7.73. The molecule has 2 amide bonds. The number of carboxylic acid groups (broad SMARTS) is 2. The van der Waals surface area contributed by atoms with Crippen molar-refractivity contribution >= 4 is 18.2 Å². The van der Waals surface area contributed by atoms with Crippen LogP contribution < -0.4 is 0 Å². The Morgan fingerprint density at radius 2 is 1.70 bits per heavy atom. The fourth-order valence-corrected chi connectivity index (χ4v) is 3.33. The number of ether oxygens (including phenoxy) is 1. The summed E-state index contributed by atoms with van der Waals surface area (Å²) < 4.78 is 5.34. The molecule has 0 aromatic heterocycles. The highest BCUT2D eigenvalue weighted by molar-refractivity contribution is 5.80. The van der Waals surface area contributed by atoms with Gasteiger partial charge in [0.25, 0.3) is 0 Å². The number of hydrogen-bond donors (Lipinski definition) is 2. The van der Waals surface area contributed by atoms with Crippen LogP contribution in [-0.4, -0.2) is 69.4 Å². The summed E-state index contributed by atoms with van der Waals surface area (Å²) in [6.45, 7) is 6.52. The van der Waals surface area contributed by atoms with Gasteiger partial charge in [0.1, 0.15) is 11.6 Å². The SMILES string of the molecule is CC(C)(C)OC(=O)N1CCC2(CC1)CC(C(=O)O)N(C(=O)O)C2. The van der Waals surface area contributed by atoms with Crippen LogP contribution in [0.2, 0.25) is 0 Å². The number of nitrogens with zero attached hydrogens (tertiary/aromatic N) is 2. The quantitative estimate of drug-likeness (QED) is 0.760. The lowest BCUT2D eigenvalue weighted by atomic mass is 9.76. The maximum atomic E-state index is 12.1. The first kappa shape index (κ1) is 17.4. The molecule has 8 nitrogen and oxygen atoms in total. The zero-order chi connectivity index (χ0) is 17.4. The molecular formula is C15H24N2O6. The maximum absolute atomic E-state index is 12.1. The van der Waals surface area contributed by atoms with E-state index in [1.807, 2.05) is 0 Å². The predicted molar refractivity (Wildman–Crippen MR) is 80.2 cm³/mol. The fourth-order valence-electron chi connectivity index (χ4n) is 3.33. The van der Waals surface area contributed by atoms with Gasteiger partial charge < -0.3 is 19.8 Å². The van der Waals surface area contributed by atoms with E-state index in [0.717, 1.165) is 4.90 Å².